The van der Waals surface area contributed by atoms with Crippen molar-refractivity contribution in [1.29, 1.82) is 0 Å². The van der Waals surface area contributed by atoms with E-state index in [0.717, 1.165) is 18.2 Å². The van der Waals surface area contributed by atoms with Gasteiger partial charge in [0, 0.05) is 16.8 Å². The molecule has 6 nitrogen and oxygen atoms in total. The fourth-order valence-electron chi connectivity index (χ4n) is 3.53. The third kappa shape index (κ3) is 4.80. The van der Waals surface area contributed by atoms with E-state index in [-0.39, 0.29) is 24.8 Å². The maximum Gasteiger partial charge on any atom is 0.416 e. The summed E-state index contributed by atoms with van der Waals surface area (Å²) in [6.07, 6.45) is -4.47. The molecular formula is C24H17F4NO5. The third-order valence-electron chi connectivity index (χ3n) is 5.17. The van der Waals surface area contributed by atoms with Gasteiger partial charge in [0.15, 0.2) is 18.2 Å². The highest BCUT2D eigenvalue weighted by Gasteiger charge is 2.33. The zero-order valence-electron chi connectivity index (χ0n) is 17.4. The third-order valence-corrected chi connectivity index (χ3v) is 5.17. The van der Waals surface area contributed by atoms with Gasteiger partial charge in [-0.3, -0.25) is 4.79 Å². The summed E-state index contributed by atoms with van der Waals surface area (Å²) in [6.45, 7) is -0.612. The molecule has 1 aliphatic rings. The molecule has 0 radical (unpaired) electrons. The number of alkyl halides is 3. The number of hydrogen-bond acceptors (Lipinski definition) is 4. The van der Waals surface area contributed by atoms with E-state index in [1.165, 1.54) is 29.2 Å². The highest BCUT2D eigenvalue weighted by atomic mass is 19.4. The van der Waals surface area contributed by atoms with E-state index in [0.29, 0.717) is 28.1 Å². The standard InChI is InChI=1S/C24H17F4NO5/c25-19-10-14(4-9-21(19)34-13-22(30)31)12-33-20-3-1-2-17-18(20)11-29(23(17)32)16-7-5-15(6-8-16)24(26,27)28/h1-10H,11-13H2,(H,30,31). The van der Waals surface area contributed by atoms with E-state index in [4.69, 9.17) is 14.6 Å². The van der Waals surface area contributed by atoms with Crippen molar-refractivity contribution in [2.75, 3.05) is 11.5 Å². The van der Waals surface area contributed by atoms with Gasteiger partial charge in [-0.15, -0.1) is 0 Å². The Labute approximate surface area is 190 Å². The molecule has 1 aliphatic heterocycles. The SMILES string of the molecule is O=C(O)COc1ccc(COc2cccc3c2CN(c2ccc(C(F)(F)F)cc2)C3=O)cc1F. The van der Waals surface area contributed by atoms with Gasteiger partial charge in [-0.1, -0.05) is 12.1 Å². The van der Waals surface area contributed by atoms with Crippen LogP contribution >= 0.6 is 0 Å². The van der Waals surface area contributed by atoms with Crippen molar-refractivity contribution >= 4 is 17.6 Å². The number of carbonyl (C=O) groups is 2. The molecule has 0 aromatic heterocycles. The number of ether oxygens (including phenoxy) is 2. The van der Waals surface area contributed by atoms with Gasteiger partial charge in [-0.25, -0.2) is 9.18 Å². The molecule has 3 aromatic rings. The normalized spacial score (nSPS) is 13.1. The van der Waals surface area contributed by atoms with E-state index in [2.05, 4.69) is 0 Å². The van der Waals surface area contributed by atoms with Crippen molar-refractivity contribution in [2.24, 2.45) is 0 Å². The number of hydrogen-bond donors (Lipinski definition) is 1. The minimum atomic E-state index is -4.47. The molecular weight excluding hydrogens is 458 g/mol. The molecule has 1 heterocycles. The van der Waals surface area contributed by atoms with Gasteiger partial charge in [0.2, 0.25) is 0 Å². The highest BCUT2D eigenvalue weighted by molar-refractivity contribution is 6.10. The lowest BCUT2D eigenvalue weighted by Gasteiger charge is -2.17. The predicted molar refractivity (Wildman–Crippen MR) is 112 cm³/mol. The average Bonchev–Trinajstić information content (AvgIpc) is 3.13. The van der Waals surface area contributed by atoms with Gasteiger partial charge in [-0.05, 0) is 54.1 Å². The number of halogens is 4. The second-order valence-corrected chi connectivity index (χ2v) is 7.45. The number of benzene rings is 3. The van der Waals surface area contributed by atoms with Gasteiger partial charge in [0.1, 0.15) is 12.4 Å². The maximum atomic E-state index is 14.1. The van der Waals surface area contributed by atoms with Gasteiger partial charge in [0.05, 0.1) is 12.1 Å². The molecule has 1 amide bonds. The molecule has 176 valence electrons. The molecule has 1 N–H and O–H groups in total. The number of carbonyl (C=O) groups excluding carboxylic acids is 1. The van der Waals surface area contributed by atoms with Gasteiger partial charge in [-0.2, -0.15) is 13.2 Å². The quantitative estimate of drug-likeness (QED) is 0.484. The predicted octanol–water partition coefficient (Wildman–Crippen LogP) is 5.05. The van der Waals surface area contributed by atoms with Gasteiger partial charge < -0.3 is 19.5 Å². The fourth-order valence-corrected chi connectivity index (χ4v) is 3.53. The molecule has 0 saturated heterocycles. The summed E-state index contributed by atoms with van der Waals surface area (Å²) in [7, 11) is 0. The first-order valence-electron chi connectivity index (χ1n) is 10.0. The van der Waals surface area contributed by atoms with E-state index >= 15 is 0 Å². The van der Waals surface area contributed by atoms with Crippen LogP contribution in [0.5, 0.6) is 11.5 Å². The van der Waals surface area contributed by atoms with Crippen molar-refractivity contribution in [3.63, 3.8) is 0 Å². The van der Waals surface area contributed by atoms with Crippen LogP contribution in [0.1, 0.15) is 27.0 Å². The van der Waals surface area contributed by atoms with Gasteiger partial charge >= 0.3 is 12.1 Å². The molecule has 0 fully saturated rings. The second kappa shape index (κ2) is 9.05. The van der Waals surface area contributed by atoms with Crippen LogP contribution in [0.4, 0.5) is 23.2 Å². The summed E-state index contributed by atoms with van der Waals surface area (Å²) in [5, 5.41) is 8.62. The number of anilines is 1. The van der Waals surface area contributed by atoms with Crippen molar-refractivity contribution in [2.45, 2.75) is 19.3 Å². The summed E-state index contributed by atoms with van der Waals surface area (Å²) in [5.41, 5.74) is 0.882. The first-order valence-corrected chi connectivity index (χ1v) is 10.0. The molecule has 3 aromatic carbocycles. The second-order valence-electron chi connectivity index (χ2n) is 7.45. The van der Waals surface area contributed by atoms with Crippen LogP contribution in [0.3, 0.4) is 0 Å². The van der Waals surface area contributed by atoms with Crippen molar-refractivity contribution in [1.82, 2.24) is 0 Å². The van der Waals surface area contributed by atoms with Crippen LogP contribution in [0, 0.1) is 5.82 Å². The number of nitrogens with zero attached hydrogens (tertiary/aromatic N) is 1. The van der Waals surface area contributed by atoms with Crippen LogP contribution in [0.25, 0.3) is 0 Å². The Morgan fingerprint density at radius 1 is 1.00 bits per heavy atom. The zero-order valence-corrected chi connectivity index (χ0v) is 17.4. The monoisotopic (exact) mass is 475 g/mol. The lowest BCUT2D eigenvalue weighted by molar-refractivity contribution is -0.139. The van der Waals surface area contributed by atoms with E-state index in [9.17, 15) is 27.2 Å². The lowest BCUT2D eigenvalue weighted by atomic mass is 10.1. The van der Waals surface area contributed by atoms with Crippen LogP contribution in [-0.2, 0) is 24.1 Å². The molecule has 0 atom stereocenters. The minimum absolute atomic E-state index is 0.0406. The zero-order chi connectivity index (χ0) is 24.5. The van der Waals surface area contributed by atoms with Crippen LogP contribution < -0.4 is 14.4 Å². The largest absolute Gasteiger partial charge is 0.489 e. The maximum absolute atomic E-state index is 14.1. The molecule has 0 aliphatic carbocycles. The number of amides is 1. The summed E-state index contributed by atoms with van der Waals surface area (Å²) in [4.78, 5) is 24.7. The van der Waals surface area contributed by atoms with Crippen molar-refractivity contribution in [3.8, 4) is 11.5 Å². The molecule has 0 bridgehead atoms. The Kier molecular flexibility index (Phi) is 6.14. The van der Waals surface area contributed by atoms with Crippen LogP contribution in [0.2, 0.25) is 0 Å². The van der Waals surface area contributed by atoms with E-state index < -0.39 is 30.1 Å². The number of fused-ring (bicyclic) bond motifs is 1. The Bertz CT molecular complexity index is 1240. The fraction of sp³-hybridized carbons (Fsp3) is 0.167. The first kappa shape index (κ1) is 23.1. The first-order chi connectivity index (χ1) is 16.1. The minimum Gasteiger partial charge on any atom is -0.489 e. The summed E-state index contributed by atoms with van der Waals surface area (Å²) < 4.78 is 63.3. The number of aliphatic carboxylic acids is 1. The average molecular weight is 475 g/mol. The molecule has 4 rings (SSSR count). The highest BCUT2D eigenvalue weighted by Crippen LogP contribution is 2.36. The number of carboxylic acids is 1. The molecule has 0 saturated carbocycles. The van der Waals surface area contributed by atoms with E-state index in [1.807, 2.05) is 0 Å². The summed E-state index contributed by atoms with van der Waals surface area (Å²) >= 11 is 0. The molecule has 10 heteroatoms. The van der Waals surface area contributed by atoms with Crippen molar-refractivity contribution < 1.29 is 41.7 Å². The topological polar surface area (TPSA) is 76.1 Å². The lowest BCUT2D eigenvalue weighted by Crippen LogP contribution is -2.23. The Morgan fingerprint density at radius 2 is 1.74 bits per heavy atom. The molecule has 34 heavy (non-hydrogen) atoms. The summed E-state index contributed by atoms with van der Waals surface area (Å²) in [6, 6.07) is 13.1. The smallest absolute Gasteiger partial charge is 0.416 e. The van der Waals surface area contributed by atoms with Crippen LogP contribution in [0.15, 0.2) is 60.7 Å². The number of carboxylic acid groups (broad SMARTS) is 1. The Hall–Kier alpha value is -4.08. The molecule has 0 spiro atoms. The van der Waals surface area contributed by atoms with Gasteiger partial charge in [0.25, 0.3) is 5.91 Å². The van der Waals surface area contributed by atoms with Crippen molar-refractivity contribution in [3.05, 3.63) is 88.7 Å². The number of rotatable bonds is 7. The van der Waals surface area contributed by atoms with Crippen LogP contribution in [-0.4, -0.2) is 23.6 Å². The summed E-state index contributed by atoms with van der Waals surface area (Å²) in [5.74, 6) is -2.17. The van der Waals surface area contributed by atoms with E-state index in [1.54, 1.807) is 18.2 Å². The Morgan fingerprint density at radius 3 is 2.38 bits per heavy atom. The molecule has 0 unspecified atom stereocenters. The Balaban J connectivity index is 1.48.